The molecule has 0 aromatic heterocycles. The van der Waals surface area contributed by atoms with Crippen molar-refractivity contribution in [1.82, 2.24) is 0 Å². The maximum Gasteiger partial charge on any atom is 0.0704 e. The van der Waals surface area contributed by atoms with E-state index in [-0.39, 0.29) is 0 Å². The van der Waals surface area contributed by atoms with Crippen LogP contribution in [0.15, 0.2) is 12.7 Å². The first kappa shape index (κ1) is 49.3. The number of ether oxygens (including phenoxy) is 11. The van der Waals surface area contributed by atoms with Gasteiger partial charge in [0, 0.05) is 6.61 Å². The van der Waals surface area contributed by atoms with E-state index in [4.69, 9.17) is 52.1 Å². The van der Waals surface area contributed by atoms with E-state index in [1.807, 2.05) is 0 Å². The van der Waals surface area contributed by atoms with Gasteiger partial charge < -0.3 is 52.1 Å². The molecule has 11 nitrogen and oxygen atoms in total. The summed E-state index contributed by atoms with van der Waals surface area (Å²) in [6.07, 6.45) is 21.0. The van der Waals surface area contributed by atoms with Crippen LogP contribution in [0.25, 0.3) is 0 Å². The zero-order chi connectivity index (χ0) is 35.9. The summed E-state index contributed by atoms with van der Waals surface area (Å²) in [5.41, 5.74) is 0. The molecule has 0 spiro atoms. The second kappa shape index (κ2) is 48.3. The van der Waals surface area contributed by atoms with Crippen molar-refractivity contribution in [2.45, 2.75) is 96.8 Å². The highest BCUT2D eigenvalue weighted by Gasteiger charge is 1.98. The van der Waals surface area contributed by atoms with Gasteiger partial charge in [-0.2, -0.15) is 0 Å². The normalized spacial score (nSPS) is 11.5. The Bertz CT molecular complexity index is 600. The molecule has 0 N–H and O–H groups in total. The zero-order valence-corrected chi connectivity index (χ0v) is 32.2. The maximum atomic E-state index is 5.68. The van der Waals surface area contributed by atoms with Crippen LogP contribution in [0.4, 0.5) is 0 Å². The average molecular weight is 723 g/mol. The minimum Gasteiger partial charge on any atom is -0.379 e. The lowest BCUT2D eigenvalue weighted by molar-refractivity contribution is -0.0273. The van der Waals surface area contributed by atoms with Crippen LogP contribution in [0.1, 0.15) is 96.8 Å². The summed E-state index contributed by atoms with van der Waals surface area (Å²) >= 11 is 0. The van der Waals surface area contributed by atoms with Crippen molar-refractivity contribution in [3.05, 3.63) is 12.7 Å². The quantitative estimate of drug-likeness (QED) is 0.0488. The van der Waals surface area contributed by atoms with Crippen LogP contribution < -0.4 is 0 Å². The van der Waals surface area contributed by atoms with Crippen LogP contribution in [-0.2, 0) is 52.1 Å². The zero-order valence-electron chi connectivity index (χ0n) is 32.2. The Hall–Kier alpha value is -0.700. The van der Waals surface area contributed by atoms with Crippen molar-refractivity contribution >= 4 is 0 Å². The standard InChI is InChI=1S/C39H78O11/c1-3-5-6-7-8-9-10-11-12-13-14-15-16-17-19-41-21-23-43-25-27-45-29-31-47-33-35-49-37-39-50-38-36-48-34-32-46-30-28-44-26-24-42-22-20-40-18-4-2/h4H,2-3,5-39H2,1H3. The van der Waals surface area contributed by atoms with Crippen molar-refractivity contribution in [3.8, 4) is 0 Å². The van der Waals surface area contributed by atoms with E-state index < -0.39 is 0 Å². The molecule has 0 aliphatic rings. The molecule has 0 saturated heterocycles. The lowest BCUT2D eigenvalue weighted by atomic mass is 10.0. The molecular formula is C39H78O11. The Morgan fingerprint density at radius 2 is 0.460 bits per heavy atom. The first-order chi connectivity index (χ1) is 24.9. The van der Waals surface area contributed by atoms with Gasteiger partial charge in [-0.25, -0.2) is 0 Å². The predicted molar refractivity (Wildman–Crippen MR) is 200 cm³/mol. The maximum absolute atomic E-state index is 5.68. The summed E-state index contributed by atoms with van der Waals surface area (Å²) in [4.78, 5) is 0. The van der Waals surface area contributed by atoms with E-state index in [0.29, 0.717) is 139 Å². The fraction of sp³-hybridized carbons (Fsp3) is 0.949. The summed E-state index contributed by atoms with van der Waals surface area (Å²) in [7, 11) is 0. The van der Waals surface area contributed by atoms with Gasteiger partial charge >= 0.3 is 0 Å². The Morgan fingerprint density at radius 3 is 0.700 bits per heavy atom. The third kappa shape index (κ3) is 47.3. The van der Waals surface area contributed by atoms with E-state index in [1.54, 1.807) is 6.08 Å². The summed E-state index contributed by atoms with van der Waals surface area (Å²) in [6.45, 7) is 18.2. The Balaban J connectivity index is 3.04. The number of hydrogen-bond acceptors (Lipinski definition) is 11. The SMILES string of the molecule is C=CCOCCOCCOCCOCCOCCOCCOCCOCCOCCOCCOCCCCCCCCCCCCCCCC. The van der Waals surface area contributed by atoms with Crippen LogP contribution in [0.3, 0.4) is 0 Å². The third-order valence-corrected chi connectivity index (χ3v) is 7.60. The molecular weight excluding hydrogens is 644 g/mol. The van der Waals surface area contributed by atoms with E-state index in [9.17, 15) is 0 Å². The van der Waals surface area contributed by atoms with Crippen LogP contribution in [0, 0.1) is 0 Å². The summed E-state index contributed by atoms with van der Waals surface area (Å²) in [5.74, 6) is 0. The molecule has 0 aliphatic carbocycles. The van der Waals surface area contributed by atoms with Crippen LogP contribution in [0.2, 0.25) is 0 Å². The van der Waals surface area contributed by atoms with E-state index in [2.05, 4.69) is 13.5 Å². The summed E-state index contributed by atoms with van der Waals surface area (Å²) in [5, 5.41) is 0. The molecule has 11 heteroatoms. The lowest BCUT2D eigenvalue weighted by Gasteiger charge is -2.09. The third-order valence-electron chi connectivity index (χ3n) is 7.60. The molecule has 0 heterocycles. The van der Waals surface area contributed by atoms with Crippen LogP contribution in [0.5, 0.6) is 0 Å². The van der Waals surface area contributed by atoms with Crippen molar-refractivity contribution in [1.29, 1.82) is 0 Å². The highest BCUT2D eigenvalue weighted by atomic mass is 16.6. The molecule has 0 bridgehead atoms. The van der Waals surface area contributed by atoms with Crippen molar-refractivity contribution in [2.75, 3.05) is 145 Å². The van der Waals surface area contributed by atoms with Gasteiger partial charge in [0.25, 0.3) is 0 Å². The summed E-state index contributed by atoms with van der Waals surface area (Å²) < 4.78 is 60.3. The van der Waals surface area contributed by atoms with Gasteiger partial charge in [-0.05, 0) is 6.42 Å². The van der Waals surface area contributed by atoms with Crippen molar-refractivity contribution in [3.63, 3.8) is 0 Å². The van der Waals surface area contributed by atoms with Gasteiger partial charge in [0.2, 0.25) is 0 Å². The Kier molecular flexibility index (Phi) is 47.6. The van der Waals surface area contributed by atoms with Gasteiger partial charge in [0.15, 0.2) is 0 Å². The minimum absolute atomic E-state index is 0.523. The van der Waals surface area contributed by atoms with E-state index >= 15 is 0 Å². The van der Waals surface area contributed by atoms with Gasteiger partial charge in [-0.3, -0.25) is 0 Å². The van der Waals surface area contributed by atoms with Gasteiger partial charge in [0.1, 0.15) is 0 Å². The molecule has 0 atom stereocenters. The van der Waals surface area contributed by atoms with Gasteiger partial charge in [-0.1, -0.05) is 96.5 Å². The molecule has 300 valence electrons. The van der Waals surface area contributed by atoms with Crippen LogP contribution in [-0.4, -0.2) is 145 Å². The number of unbranched alkanes of at least 4 members (excludes halogenated alkanes) is 13. The van der Waals surface area contributed by atoms with Gasteiger partial charge in [-0.15, -0.1) is 6.58 Å². The summed E-state index contributed by atoms with van der Waals surface area (Å²) in [6, 6.07) is 0. The first-order valence-electron chi connectivity index (χ1n) is 19.9. The number of hydrogen-bond donors (Lipinski definition) is 0. The predicted octanol–water partition coefficient (Wildman–Crippen LogP) is 6.84. The largest absolute Gasteiger partial charge is 0.379 e. The molecule has 0 aliphatic heterocycles. The lowest BCUT2D eigenvalue weighted by Crippen LogP contribution is -2.15. The van der Waals surface area contributed by atoms with Crippen LogP contribution >= 0.6 is 0 Å². The first-order valence-corrected chi connectivity index (χ1v) is 19.9. The van der Waals surface area contributed by atoms with E-state index in [1.165, 1.54) is 83.5 Å². The molecule has 0 amide bonds. The molecule has 0 unspecified atom stereocenters. The molecule has 0 rings (SSSR count). The molecule has 0 saturated carbocycles. The monoisotopic (exact) mass is 723 g/mol. The molecule has 50 heavy (non-hydrogen) atoms. The smallest absolute Gasteiger partial charge is 0.0704 e. The minimum atomic E-state index is 0.523. The van der Waals surface area contributed by atoms with Gasteiger partial charge in [0.05, 0.1) is 139 Å². The molecule has 0 aromatic carbocycles. The Labute approximate surface area is 306 Å². The fourth-order valence-corrected chi connectivity index (χ4v) is 4.76. The van der Waals surface area contributed by atoms with Crippen molar-refractivity contribution < 1.29 is 52.1 Å². The van der Waals surface area contributed by atoms with E-state index in [0.717, 1.165) is 13.0 Å². The highest BCUT2D eigenvalue weighted by Crippen LogP contribution is 2.13. The molecule has 0 fully saturated rings. The second-order valence-electron chi connectivity index (χ2n) is 12.1. The topological polar surface area (TPSA) is 102 Å². The average Bonchev–Trinajstić information content (AvgIpc) is 3.13. The highest BCUT2D eigenvalue weighted by molar-refractivity contribution is 4.63. The molecule has 0 aromatic rings. The second-order valence-corrected chi connectivity index (χ2v) is 12.1. The van der Waals surface area contributed by atoms with Crippen molar-refractivity contribution in [2.24, 2.45) is 0 Å². The Morgan fingerprint density at radius 1 is 0.260 bits per heavy atom. The fourth-order valence-electron chi connectivity index (χ4n) is 4.76. The molecule has 0 radical (unpaired) electrons. The number of rotatable bonds is 47.